The van der Waals surface area contributed by atoms with Crippen molar-refractivity contribution in [3.8, 4) is 5.75 Å². The third-order valence-corrected chi connectivity index (χ3v) is 4.00. The number of hydrogen-bond donors (Lipinski definition) is 2. The molecule has 0 spiro atoms. The Morgan fingerprint density at radius 1 is 1.32 bits per heavy atom. The molecule has 0 amide bonds. The molecule has 0 aliphatic carbocycles. The van der Waals surface area contributed by atoms with Gasteiger partial charge in [0.2, 0.25) is 0 Å². The molecule has 2 rings (SSSR count). The number of rotatable bonds is 6. The molecule has 0 atom stereocenters. The van der Waals surface area contributed by atoms with Crippen molar-refractivity contribution in [3.05, 3.63) is 23.8 Å². The SMILES string of the molecule is CCc1cc(NCCC2CCNCC2)ccc1OC. The van der Waals surface area contributed by atoms with Crippen molar-refractivity contribution in [2.24, 2.45) is 5.92 Å². The fraction of sp³-hybridized carbons (Fsp3) is 0.625. The minimum Gasteiger partial charge on any atom is -0.496 e. The van der Waals surface area contributed by atoms with Crippen LogP contribution in [0.15, 0.2) is 18.2 Å². The number of nitrogens with one attached hydrogen (secondary N) is 2. The van der Waals surface area contributed by atoms with Crippen LogP contribution < -0.4 is 15.4 Å². The van der Waals surface area contributed by atoms with Crippen LogP contribution in [0.5, 0.6) is 5.75 Å². The summed E-state index contributed by atoms with van der Waals surface area (Å²) in [6.45, 7) is 5.61. The van der Waals surface area contributed by atoms with Gasteiger partial charge in [-0.2, -0.15) is 0 Å². The number of anilines is 1. The number of methoxy groups -OCH3 is 1. The van der Waals surface area contributed by atoms with E-state index in [0.717, 1.165) is 24.6 Å². The lowest BCUT2D eigenvalue weighted by atomic mass is 9.95. The molecule has 2 N–H and O–H groups in total. The third kappa shape index (κ3) is 4.13. The molecule has 0 aromatic heterocycles. The lowest BCUT2D eigenvalue weighted by Crippen LogP contribution is -2.28. The normalized spacial score (nSPS) is 16.3. The van der Waals surface area contributed by atoms with Gasteiger partial charge in [-0.15, -0.1) is 0 Å². The van der Waals surface area contributed by atoms with Crippen LogP contribution in [0.4, 0.5) is 5.69 Å². The van der Waals surface area contributed by atoms with Crippen molar-refractivity contribution >= 4 is 5.69 Å². The molecule has 0 unspecified atom stereocenters. The molecule has 1 fully saturated rings. The zero-order valence-corrected chi connectivity index (χ0v) is 12.2. The van der Waals surface area contributed by atoms with Gasteiger partial charge in [-0.1, -0.05) is 6.92 Å². The molecule has 0 radical (unpaired) electrons. The quantitative estimate of drug-likeness (QED) is 0.826. The molecular weight excluding hydrogens is 236 g/mol. The number of piperidine rings is 1. The monoisotopic (exact) mass is 262 g/mol. The van der Waals surface area contributed by atoms with Crippen LogP contribution >= 0.6 is 0 Å². The lowest BCUT2D eigenvalue weighted by molar-refractivity contribution is 0.361. The Hall–Kier alpha value is -1.22. The maximum atomic E-state index is 5.36. The van der Waals surface area contributed by atoms with Gasteiger partial charge in [0, 0.05) is 12.2 Å². The Morgan fingerprint density at radius 3 is 2.79 bits per heavy atom. The van der Waals surface area contributed by atoms with Crippen LogP contribution in [0.25, 0.3) is 0 Å². The molecule has 3 nitrogen and oxygen atoms in total. The van der Waals surface area contributed by atoms with Gasteiger partial charge in [0.1, 0.15) is 5.75 Å². The summed E-state index contributed by atoms with van der Waals surface area (Å²) in [5.41, 5.74) is 2.49. The molecule has 1 aromatic rings. The van der Waals surface area contributed by atoms with Crippen molar-refractivity contribution in [1.29, 1.82) is 0 Å². The maximum Gasteiger partial charge on any atom is 0.122 e. The summed E-state index contributed by atoms with van der Waals surface area (Å²) >= 11 is 0. The Kier molecular flexibility index (Phi) is 5.52. The number of benzene rings is 1. The van der Waals surface area contributed by atoms with E-state index in [1.165, 1.54) is 43.6 Å². The van der Waals surface area contributed by atoms with Gasteiger partial charge in [-0.05, 0) is 68.5 Å². The molecule has 1 aliphatic rings. The molecule has 1 aromatic carbocycles. The highest BCUT2D eigenvalue weighted by atomic mass is 16.5. The van der Waals surface area contributed by atoms with Gasteiger partial charge in [0.05, 0.1) is 7.11 Å². The first kappa shape index (κ1) is 14.2. The van der Waals surface area contributed by atoms with Crippen LogP contribution in [-0.2, 0) is 6.42 Å². The van der Waals surface area contributed by atoms with Crippen molar-refractivity contribution in [2.75, 3.05) is 32.1 Å². The minimum absolute atomic E-state index is 0.887. The van der Waals surface area contributed by atoms with E-state index in [2.05, 4.69) is 35.8 Å². The third-order valence-electron chi connectivity index (χ3n) is 4.00. The summed E-state index contributed by atoms with van der Waals surface area (Å²) in [4.78, 5) is 0. The van der Waals surface area contributed by atoms with E-state index in [-0.39, 0.29) is 0 Å². The first-order valence-electron chi connectivity index (χ1n) is 7.45. The molecule has 1 heterocycles. The van der Waals surface area contributed by atoms with Crippen molar-refractivity contribution < 1.29 is 4.74 Å². The predicted octanol–water partition coefficient (Wildman–Crippen LogP) is 3.06. The average molecular weight is 262 g/mol. The van der Waals surface area contributed by atoms with E-state index >= 15 is 0 Å². The molecular formula is C16H26N2O. The van der Waals surface area contributed by atoms with Gasteiger partial charge in [-0.25, -0.2) is 0 Å². The van der Waals surface area contributed by atoms with Crippen LogP contribution in [0.1, 0.15) is 31.7 Å². The molecule has 1 aliphatic heterocycles. The standard InChI is InChI=1S/C16H26N2O/c1-3-14-12-15(4-5-16(14)19-2)18-11-8-13-6-9-17-10-7-13/h4-5,12-13,17-18H,3,6-11H2,1-2H3. The second-order valence-electron chi connectivity index (χ2n) is 5.29. The molecule has 19 heavy (non-hydrogen) atoms. The van der Waals surface area contributed by atoms with E-state index in [4.69, 9.17) is 4.74 Å². The molecule has 106 valence electrons. The smallest absolute Gasteiger partial charge is 0.122 e. The predicted molar refractivity (Wildman–Crippen MR) is 81.1 cm³/mol. The van der Waals surface area contributed by atoms with Gasteiger partial charge < -0.3 is 15.4 Å². The zero-order valence-electron chi connectivity index (χ0n) is 12.2. The Labute approximate surface area is 116 Å². The van der Waals surface area contributed by atoms with E-state index in [9.17, 15) is 0 Å². The maximum absolute atomic E-state index is 5.36. The summed E-state index contributed by atoms with van der Waals surface area (Å²) in [6, 6.07) is 6.38. The van der Waals surface area contributed by atoms with Gasteiger partial charge in [0.25, 0.3) is 0 Å². The molecule has 0 bridgehead atoms. The fourth-order valence-corrected chi connectivity index (χ4v) is 2.76. The topological polar surface area (TPSA) is 33.3 Å². The number of ether oxygens (including phenoxy) is 1. The van der Waals surface area contributed by atoms with Gasteiger partial charge in [0.15, 0.2) is 0 Å². The van der Waals surface area contributed by atoms with E-state index in [1.54, 1.807) is 7.11 Å². The van der Waals surface area contributed by atoms with Crippen LogP contribution in [0, 0.1) is 5.92 Å². The molecule has 1 saturated heterocycles. The van der Waals surface area contributed by atoms with Crippen molar-refractivity contribution in [1.82, 2.24) is 5.32 Å². The summed E-state index contributed by atoms with van der Waals surface area (Å²) in [6.07, 6.45) is 4.93. The largest absolute Gasteiger partial charge is 0.496 e. The summed E-state index contributed by atoms with van der Waals surface area (Å²) in [5.74, 6) is 1.88. The highest BCUT2D eigenvalue weighted by molar-refractivity contribution is 5.51. The fourth-order valence-electron chi connectivity index (χ4n) is 2.76. The summed E-state index contributed by atoms with van der Waals surface area (Å²) in [5, 5.41) is 6.96. The van der Waals surface area contributed by atoms with Gasteiger partial charge >= 0.3 is 0 Å². The summed E-state index contributed by atoms with van der Waals surface area (Å²) < 4.78 is 5.36. The zero-order chi connectivity index (χ0) is 13.5. The highest BCUT2D eigenvalue weighted by Crippen LogP contribution is 2.23. The van der Waals surface area contributed by atoms with Gasteiger partial charge in [-0.3, -0.25) is 0 Å². The molecule has 3 heteroatoms. The Bertz CT molecular complexity index is 386. The van der Waals surface area contributed by atoms with Crippen molar-refractivity contribution in [3.63, 3.8) is 0 Å². The molecule has 0 saturated carbocycles. The average Bonchev–Trinajstić information content (AvgIpc) is 2.48. The first-order valence-corrected chi connectivity index (χ1v) is 7.45. The highest BCUT2D eigenvalue weighted by Gasteiger charge is 2.12. The second kappa shape index (κ2) is 7.39. The summed E-state index contributed by atoms with van der Waals surface area (Å²) in [7, 11) is 1.73. The van der Waals surface area contributed by atoms with Crippen LogP contribution in [-0.4, -0.2) is 26.7 Å². The van der Waals surface area contributed by atoms with Crippen molar-refractivity contribution in [2.45, 2.75) is 32.6 Å². The van der Waals surface area contributed by atoms with Crippen LogP contribution in [0.3, 0.4) is 0 Å². The van der Waals surface area contributed by atoms with E-state index in [0.29, 0.717) is 0 Å². The Morgan fingerprint density at radius 2 is 2.11 bits per heavy atom. The number of hydrogen-bond acceptors (Lipinski definition) is 3. The lowest BCUT2D eigenvalue weighted by Gasteiger charge is -2.22. The van der Waals surface area contributed by atoms with E-state index in [1.807, 2.05) is 0 Å². The Balaban J connectivity index is 1.81. The van der Waals surface area contributed by atoms with Crippen LogP contribution in [0.2, 0.25) is 0 Å². The second-order valence-corrected chi connectivity index (χ2v) is 5.29. The number of aryl methyl sites for hydroxylation is 1. The van der Waals surface area contributed by atoms with E-state index < -0.39 is 0 Å². The first-order chi connectivity index (χ1) is 9.33. The minimum atomic E-state index is 0.887.